The first-order valence-electron chi connectivity index (χ1n) is 2.82. The average Bonchev–Trinajstić information content (AvgIpc) is 1.69. The summed E-state index contributed by atoms with van der Waals surface area (Å²) in [6.07, 6.45) is 3.43. The third-order valence-electron chi connectivity index (χ3n) is 0.908. The predicted octanol–water partition coefficient (Wildman–Crippen LogP) is -0.574. The summed E-state index contributed by atoms with van der Waals surface area (Å²) >= 11 is 0. The molecule has 0 aromatic heterocycles. The Kier molecular flexibility index (Phi) is 15.8. The van der Waals surface area contributed by atoms with Gasteiger partial charge in [0.05, 0.1) is 0 Å². The van der Waals surface area contributed by atoms with Gasteiger partial charge < -0.3 is 11.5 Å². The van der Waals surface area contributed by atoms with Crippen molar-refractivity contribution < 1.29 is 0 Å². The Morgan fingerprint density at radius 1 is 0.750 bits per heavy atom. The van der Waals surface area contributed by atoms with Gasteiger partial charge in [0, 0.05) is 0 Å². The number of hydrogen-bond acceptors (Lipinski definition) is 2. The van der Waals surface area contributed by atoms with E-state index in [4.69, 9.17) is 11.5 Å². The zero-order valence-electron chi connectivity index (χ0n) is 4.69. The molecule has 0 aromatic carbocycles. The Morgan fingerprint density at radius 2 is 1.12 bits per heavy atom. The van der Waals surface area contributed by atoms with Gasteiger partial charge in [-0.2, -0.15) is 0 Å². The van der Waals surface area contributed by atoms with E-state index in [1.165, 1.54) is 6.42 Å². The number of rotatable bonds is 4. The van der Waals surface area contributed by atoms with Gasteiger partial charge in [0.25, 0.3) is 0 Å². The Hall–Kier alpha value is 0.920. The first-order valence-corrected chi connectivity index (χ1v) is 2.82. The first-order chi connectivity index (χ1) is 3.41. The molecule has 8 heavy (non-hydrogen) atoms. The molecule has 0 amide bonds. The van der Waals surface area contributed by atoms with Crippen molar-refractivity contribution in [3.63, 3.8) is 0 Å². The fraction of sp³-hybridized carbons (Fsp3) is 1.00. The van der Waals surface area contributed by atoms with Crippen molar-refractivity contribution in [2.24, 2.45) is 11.5 Å². The molecule has 0 aliphatic carbocycles. The van der Waals surface area contributed by atoms with E-state index in [1.54, 1.807) is 0 Å². The number of hydrogen-bond donors (Lipinski definition) is 2. The van der Waals surface area contributed by atoms with Gasteiger partial charge in [-0.15, -0.1) is 0 Å². The normalized spacial score (nSPS) is 8.25. The van der Waals surface area contributed by atoms with Gasteiger partial charge in [0.1, 0.15) is 0 Å². The van der Waals surface area contributed by atoms with Crippen LogP contribution in [0.15, 0.2) is 0 Å². The molecular weight excluding hydrogens is 111 g/mol. The summed E-state index contributed by atoms with van der Waals surface area (Å²) in [6, 6.07) is 0. The standard InChI is InChI=1S/C5H14N2.Na.H/c6-4-2-1-3-5-7;;/h1-7H2;;. The summed E-state index contributed by atoms with van der Waals surface area (Å²) in [7, 11) is 0. The maximum atomic E-state index is 5.23. The van der Waals surface area contributed by atoms with Crippen molar-refractivity contribution in [1.29, 1.82) is 0 Å². The van der Waals surface area contributed by atoms with Gasteiger partial charge in [-0.05, 0) is 25.9 Å². The number of unbranched alkanes of at least 4 members (excludes halogenated alkanes) is 2. The molecule has 0 saturated carbocycles. The number of nitrogens with two attached hydrogens (primary N) is 2. The van der Waals surface area contributed by atoms with Gasteiger partial charge in [-0.1, -0.05) is 6.42 Å². The zero-order valence-corrected chi connectivity index (χ0v) is 4.69. The molecule has 0 aliphatic rings. The quantitative estimate of drug-likeness (QED) is 0.391. The minimum absolute atomic E-state index is 0. The van der Waals surface area contributed by atoms with E-state index in [1.807, 2.05) is 0 Å². The topological polar surface area (TPSA) is 52.0 Å². The minimum atomic E-state index is 0. The van der Waals surface area contributed by atoms with E-state index in [0.717, 1.165) is 25.9 Å². The average molecular weight is 126 g/mol. The molecule has 0 aromatic rings. The molecular formula is C5H15N2Na. The van der Waals surface area contributed by atoms with Crippen molar-refractivity contribution >= 4 is 29.6 Å². The van der Waals surface area contributed by atoms with Gasteiger partial charge in [0.15, 0.2) is 0 Å². The van der Waals surface area contributed by atoms with Crippen molar-refractivity contribution in [3.05, 3.63) is 0 Å². The molecule has 3 heteroatoms. The van der Waals surface area contributed by atoms with E-state index < -0.39 is 0 Å². The summed E-state index contributed by atoms with van der Waals surface area (Å²) in [5, 5.41) is 0. The third-order valence-corrected chi connectivity index (χ3v) is 0.908. The van der Waals surface area contributed by atoms with Crippen molar-refractivity contribution in [2.75, 3.05) is 13.1 Å². The van der Waals surface area contributed by atoms with Crippen LogP contribution in [0.5, 0.6) is 0 Å². The molecule has 4 N–H and O–H groups in total. The van der Waals surface area contributed by atoms with E-state index >= 15 is 0 Å². The molecule has 46 valence electrons. The molecule has 0 unspecified atom stereocenters. The van der Waals surface area contributed by atoms with Crippen LogP contribution in [0, 0.1) is 0 Å². The fourth-order valence-corrected chi connectivity index (χ4v) is 0.465. The van der Waals surface area contributed by atoms with Crippen LogP contribution < -0.4 is 11.5 Å². The van der Waals surface area contributed by atoms with E-state index in [0.29, 0.717) is 0 Å². The van der Waals surface area contributed by atoms with Crippen LogP contribution in [0.25, 0.3) is 0 Å². The molecule has 0 heterocycles. The van der Waals surface area contributed by atoms with Gasteiger partial charge in [-0.3, -0.25) is 0 Å². The molecule has 0 rings (SSSR count). The van der Waals surface area contributed by atoms with Crippen LogP contribution in [0.2, 0.25) is 0 Å². The summed E-state index contributed by atoms with van der Waals surface area (Å²) in [6.45, 7) is 1.61. The van der Waals surface area contributed by atoms with Gasteiger partial charge in [-0.25, -0.2) is 0 Å². The zero-order chi connectivity index (χ0) is 5.54. The van der Waals surface area contributed by atoms with Crippen LogP contribution in [-0.2, 0) is 0 Å². The molecule has 2 nitrogen and oxygen atoms in total. The summed E-state index contributed by atoms with van der Waals surface area (Å²) in [5.41, 5.74) is 10.5. The molecule has 0 fully saturated rings. The third kappa shape index (κ3) is 10.0. The summed E-state index contributed by atoms with van der Waals surface area (Å²) < 4.78 is 0. The Bertz CT molecular complexity index is 29.6. The van der Waals surface area contributed by atoms with Crippen LogP contribution >= 0.6 is 0 Å². The summed E-state index contributed by atoms with van der Waals surface area (Å²) in [4.78, 5) is 0. The molecule has 0 saturated heterocycles. The molecule has 0 bridgehead atoms. The summed E-state index contributed by atoms with van der Waals surface area (Å²) in [5.74, 6) is 0. The molecule has 0 aliphatic heterocycles. The van der Waals surface area contributed by atoms with E-state index in [9.17, 15) is 0 Å². The van der Waals surface area contributed by atoms with Crippen molar-refractivity contribution in [3.8, 4) is 0 Å². The van der Waals surface area contributed by atoms with E-state index in [2.05, 4.69) is 0 Å². The van der Waals surface area contributed by atoms with Crippen molar-refractivity contribution in [1.82, 2.24) is 0 Å². The Morgan fingerprint density at radius 3 is 1.38 bits per heavy atom. The Balaban J connectivity index is 0. The van der Waals surface area contributed by atoms with Crippen LogP contribution in [0.3, 0.4) is 0 Å². The van der Waals surface area contributed by atoms with Gasteiger partial charge >= 0.3 is 29.6 Å². The second-order valence-corrected chi connectivity index (χ2v) is 1.64. The first kappa shape index (κ1) is 11.7. The fourth-order valence-electron chi connectivity index (χ4n) is 0.465. The van der Waals surface area contributed by atoms with Crippen molar-refractivity contribution in [2.45, 2.75) is 19.3 Å². The molecule has 0 spiro atoms. The SMILES string of the molecule is NCCCCCN.[NaH]. The van der Waals surface area contributed by atoms with Crippen LogP contribution in [-0.4, -0.2) is 42.6 Å². The molecule has 0 atom stereocenters. The predicted molar refractivity (Wildman–Crippen MR) is 39.1 cm³/mol. The second-order valence-electron chi connectivity index (χ2n) is 1.64. The van der Waals surface area contributed by atoms with Crippen LogP contribution in [0.1, 0.15) is 19.3 Å². The maximum absolute atomic E-state index is 5.23. The van der Waals surface area contributed by atoms with Crippen LogP contribution in [0.4, 0.5) is 0 Å². The van der Waals surface area contributed by atoms with E-state index in [-0.39, 0.29) is 29.6 Å². The monoisotopic (exact) mass is 126 g/mol. The van der Waals surface area contributed by atoms with Gasteiger partial charge in [0.2, 0.25) is 0 Å². The molecule has 0 radical (unpaired) electrons. The second kappa shape index (κ2) is 10.8. The Labute approximate surface area is 73.3 Å².